The van der Waals surface area contributed by atoms with Crippen molar-refractivity contribution in [3.05, 3.63) is 88.8 Å². The van der Waals surface area contributed by atoms with E-state index in [1.54, 1.807) is 0 Å². The van der Waals surface area contributed by atoms with Crippen molar-refractivity contribution >= 4 is 6.08 Å². The molecule has 1 fully saturated rings. The Morgan fingerprint density at radius 2 is 1.37 bits per heavy atom. The van der Waals surface area contributed by atoms with Crippen molar-refractivity contribution in [3.8, 4) is 22.3 Å². The van der Waals surface area contributed by atoms with E-state index in [9.17, 15) is 35.1 Å². The smallest absolute Gasteiger partial charge is 0.348 e. The Hall–Kier alpha value is -3.24. The molecule has 0 aromatic heterocycles. The van der Waals surface area contributed by atoms with E-state index in [0.29, 0.717) is 30.9 Å². The Bertz CT molecular complexity index is 1300. The molecule has 38 heavy (non-hydrogen) atoms. The first kappa shape index (κ1) is 27.8. The molecule has 0 N–H and O–H groups in total. The summed E-state index contributed by atoms with van der Waals surface area (Å²) in [6.45, 7) is 2.96. The molecule has 1 aliphatic heterocycles. The van der Waals surface area contributed by atoms with Gasteiger partial charge in [-0.2, -0.15) is 13.2 Å². The number of alkyl halides is 3. The third-order valence-electron chi connectivity index (χ3n) is 6.09. The van der Waals surface area contributed by atoms with E-state index in [-0.39, 0.29) is 29.2 Å². The highest BCUT2D eigenvalue weighted by Crippen LogP contribution is 2.35. The molecule has 3 aromatic carbocycles. The first-order valence-electron chi connectivity index (χ1n) is 11.7. The molecule has 10 heteroatoms. The lowest BCUT2D eigenvalue weighted by Crippen LogP contribution is -2.27. The summed E-state index contributed by atoms with van der Waals surface area (Å²) in [6, 6.07) is 6.59. The van der Waals surface area contributed by atoms with Crippen molar-refractivity contribution in [1.82, 2.24) is 0 Å². The highest BCUT2D eigenvalue weighted by molar-refractivity contribution is 5.73. The van der Waals surface area contributed by atoms with E-state index in [0.717, 1.165) is 31.0 Å². The predicted molar refractivity (Wildman–Crippen MR) is 125 cm³/mol. The minimum absolute atomic E-state index is 0.136. The molecule has 0 atom stereocenters. The molecule has 4 rings (SSSR count). The SMILES string of the molecule is CCCC1COC(c2ccc(-c3cc(F)c(-c4cc(F)c(C=CC(F)(F)F)c(F)c4)c(F)c3)c(F)c2)OC1. The molecular formula is C28H22F8O2. The summed E-state index contributed by atoms with van der Waals surface area (Å²) < 4.78 is 122. The van der Waals surface area contributed by atoms with Crippen molar-refractivity contribution < 1.29 is 44.6 Å². The summed E-state index contributed by atoms with van der Waals surface area (Å²) in [5.41, 5.74) is -2.33. The third-order valence-corrected chi connectivity index (χ3v) is 6.09. The Morgan fingerprint density at radius 1 is 0.789 bits per heavy atom. The quantitative estimate of drug-likeness (QED) is 0.290. The molecule has 3 aromatic rings. The van der Waals surface area contributed by atoms with Crippen molar-refractivity contribution in [2.24, 2.45) is 5.92 Å². The average molecular weight is 542 g/mol. The maximum atomic E-state index is 14.9. The van der Waals surface area contributed by atoms with Gasteiger partial charge in [-0.25, -0.2) is 22.0 Å². The van der Waals surface area contributed by atoms with Crippen molar-refractivity contribution in [1.29, 1.82) is 0 Å². The zero-order valence-corrected chi connectivity index (χ0v) is 20.0. The summed E-state index contributed by atoms with van der Waals surface area (Å²) in [5.74, 6) is -5.94. The number of hydrogen-bond acceptors (Lipinski definition) is 2. The molecule has 0 aliphatic carbocycles. The van der Waals surface area contributed by atoms with Gasteiger partial charge in [-0.1, -0.05) is 25.5 Å². The Labute approximate surface area is 213 Å². The predicted octanol–water partition coefficient (Wildman–Crippen LogP) is 8.75. The van der Waals surface area contributed by atoms with Gasteiger partial charge >= 0.3 is 6.18 Å². The van der Waals surface area contributed by atoms with Gasteiger partial charge in [-0.3, -0.25) is 0 Å². The van der Waals surface area contributed by atoms with Crippen molar-refractivity contribution in [2.75, 3.05) is 13.2 Å². The fourth-order valence-electron chi connectivity index (χ4n) is 4.29. The highest BCUT2D eigenvalue weighted by atomic mass is 19.4. The molecule has 0 unspecified atom stereocenters. The van der Waals surface area contributed by atoms with Crippen molar-refractivity contribution in [2.45, 2.75) is 32.2 Å². The summed E-state index contributed by atoms with van der Waals surface area (Å²) in [5, 5.41) is 0. The second kappa shape index (κ2) is 11.2. The van der Waals surface area contributed by atoms with Crippen LogP contribution in [0.25, 0.3) is 28.3 Å². The largest absolute Gasteiger partial charge is 0.409 e. The van der Waals surface area contributed by atoms with Gasteiger partial charge in [0, 0.05) is 28.7 Å². The zero-order valence-electron chi connectivity index (χ0n) is 20.0. The second-order valence-electron chi connectivity index (χ2n) is 8.94. The molecule has 202 valence electrons. The second-order valence-corrected chi connectivity index (χ2v) is 8.94. The summed E-state index contributed by atoms with van der Waals surface area (Å²) >= 11 is 0. The van der Waals surface area contributed by atoms with E-state index in [1.807, 2.05) is 6.92 Å². The van der Waals surface area contributed by atoms with Crippen LogP contribution in [0.3, 0.4) is 0 Å². The number of ether oxygens (including phenoxy) is 2. The van der Waals surface area contributed by atoms with E-state index in [2.05, 4.69) is 0 Å². The molecule has 1 saturated heterocycles. The fourth-order valence-corrected chi connectivity index (χ4v) is 4.29. The lowest BCUT2D eigenvalue weighted by Gasteiger charge is -2.29. The molecule has 0 amide bonds. The van der Waals surface area contributed by atoms with E-state index in [1.165, 1.54) is 12.1 Å². The summed E-state index contributed by atoms with van der Waals surface area (Å²) in [4.78, 5) is 0. The van der Waals surface area contributed by atoms with Crippen molar-refractivity contribution in [3.63, 3.8) is 0 Å². The van der Waals surface area contributed by atoms with Crippen LogP contribution >= 0.6 is 0 Å². The zero-order chi connectivity index (χ0) is 27.6. The Morgan fingerprint density at radius 3 is 1.89 bits per heavy atom. The van der Waals surface area contributed by atoms with Crippen LogP contribution in [0.2, 0.25) is 0 Å². The molecule has 0 spiro atoms. The van der Waals surface area contributed by atoms with Crippen LogP contribution in [0.15, 0.2) is 48.5 Å². The van der Waals surface area contributed by atoms with Gasteiger partial charge in [-0.15, -0.1) is 0 Å². The molecule has 2 nitrogen and oxygen atoms in total. The van der Waals surface area contributed by atoms with Gasteiger partial charge in [0.1, 0.15) is 29.1 Å². The minimum atomic E-state index is -4.81. The minimum Gasteiger partial charge on any atom is -0.348 e. The molecule has 0 bridgehead atoms. The maximum Gasteiger partial charge on any atom is 0.409 e. The standard InChI is InChI=1S/C28H22F8O2/c1-2-3-15-13-37-27(38-14-15)16-4-5-19(21(29)8-16)17-9-24(32)26(25(33)10-17)18-11-22(30)20(23(31)12-18)6-7-28(34,35)36/h4-12,15,27H,2-3,13-14H2,1H3. The van der Waals surface area contributed by atoms with Crippen LogP contribution in [-0.4, -0.2) is 19.4 Å². The van der Waals surface area contributed by atoms with Gasteiger partial charge in [0.05, 0.1) is 18.8 Å². The topological polar surface area (TPSA) is 18.5 Å². The van der Waals surface area contributed by atoms with Gasteiger partial charge in [-0.05, 0) is 54.0 Å². The Kier molecular flexibility index (Phi) is 8.22. The first-order valence-corrected chi connectivity index (χ1v) is 11.7. The first-order chi connectivity index (χ1) is 18.0. The Balaban J connectivity index is 1.60. The third kappa shape index (κ3) is 6.24. The molecular weight excluding hydrogens is 520 g/mol. The van der Waals surface area contributed by atoms with E-state index >= 15 is 0 Å². The van der Waals surface area contributed by atoms with Crippen LogP contribution in [0.4, 0.5) is 35.1 Å². The lowest BCUT2D eigenvalue weighted by molar-refractivity contribution is -0.206. The number of halogens is 8. The lowest BCUT2D eigenvalue weighted by atomic mass is 9.96. The van der Waals surface area contributed by atoms with Crippen LogP contribution in [0.5, 0.6) is 0 Å². The average Bonchev–Trinajstić information content (AvgIpc) is 2.83. The normalized spacial score (nSPS) is 18.3. The van der Waals surface area contributed by atoms with Crippen LogP contribution in [0, 0.1) is 35.0 Å². The van der Waals surface area contributed by atoms with Gasteiger partial charge < -0.3 is 9.47 Å². The molecule has 0 radical (unpaired) electrons. The summed E-state index contributed by atoms with van der Waals surface area (Å²) in [7, 11) is 0. The highest BCUT2D eigenvalue weighted by Gasteiger charge is 2.25. The number of rotatable bonds is 6. The van der Waals surface area contributed by atoms with Gasteiger partial charge in [0.15, 0.2) is 6.29 Å². The van der Waals surface area contributed by atoms with E-state index < -0.39 is 58.2 Å². The monoisotopic (exact) mass is 542 g/mol. The van der Waals surface area contributed by atoms with Gasteiger partial charge in [0.25, 0.3) is 0 Å². The number of allylic oxidation sites excluding steroid dienone is 1. The number of hydrogen-bond donors (Lipinski definition) is 0. The van der Waals surface area contributed by atoms with E-state index in [4.69, 9.17) is 9.47 Å². The molecule has 1 aliphatic rings. The molecule has 0 saturated carbocycles. The summed E-state index contributed by atoms with van der Waals surface area (Å²) in [6.07, 6.45) is -3.85. The van der Waals surface area contributed by atoms with Gasteiger partial charge in [0.2, 0.25) is 0 Å². The fraction of sp³-hybridized carbons (Fsp3) is 0.286. The maximum absolute atomic E-state index is 14.9. The van der Waals surface area contributed by atoms with Crippen LogP contribution in [0.1, 0.15) is 37.2 Å². The van der Waals surface area contributed by atoms with Crippen LogP contribution in [-0.2, 0) is 9.47 Å². The molecule has 1 heterocycles. The van der Waals surface area contributed by atoms with Crippen LogP contribution < -0.4 is 0 Å². The number of benzene rings is 3.